The first-order chi connectivity index (χ1) is 16.5. The van der Waals surface area contributed by atoms with E-state index in [1.54, 1.807) is 35.6 Å². The summed E-state index contributed by atoms with van der Waals surface area (Å²) in [6.45, 7) is 4.78. The van der Waals surface area contributed by atoms with Gasteiger partial charge in [0.2, 0.25) is 10.0 Å². The number of carbonyl (C=O) groups excluding carboxylic acids is 1. The van der Waals surface area contributed by atoms with Crippen molar-refractivity contribution in [2.24, 2.45) is 0 Å². The van der Waals surface area contributed by atoms with Gasteiger partial charge in [-0.25, -0.2) is 13.4 Å². The molecule has 3 aromatic rings. The van der Waals surface area contributed by atoms with E-state index in [1.807, 2.05) is 23.1 Å². The van der Waals surface area contributed by atoms with Crippen molar-refractivity contribution in [1.29, 1.82) is 0 Å². The lowest BCUT2D eigenvalue weighted by Crippen LogP contribution is -2.48. The molecule has 2 aliphatic rings. The third-order valence-electron chi connectivity index (χ3n) is 6.44. The molecule has 0 N–H and O–H groups in total. The van der Waals surface area contributed by atoms with Crippen molar-refractivity contribution in [2.75, 3.05) is 39.3 Å². The minimum Gasteiger partial charge on any atom is -0.336 e. The van der Waals surface area contributed by atoms with Crippen LogP contribution in [0.1, 0.15) is 28.2 Å². The van der Waals surface area contributed by atoms with E-state index in [2.05, 4.69) is 22.4 Å². The molecule has 0 unspecified atom stereocenters. The van der Waals surface area contributed by atoms with E-state index in [0.717, 1.165) is 48.7 Å². The average Bonchev–Trinajstić information content (AvgIpc) is 3.58. The van der Waals surface area contributed by atoms with E-state index in [1.165, 1.54) is 4.31 Å². The van der Waals surface area contributed by atoms with Gasteiger partial charge in [-0.2, -0.15) is 4.31 Å². The lowest BCUT2D eigenvalue weighted by molar-refractivity contribution is 0.0628. The van der Waals surface area contributed by atoms with Crippen molar-refractivity contribution < 1.29 is 13.2 Å². The van der Waals surface area contributed by atoms with Crippen LogP contribution in [0, 0.1) is 0 Å². The zero-order chi connectivity index (χ0) is 23.5. The summed E-state index contributed by atoms with van der Waals surface area (Å²) in [5, 5.41) is 3.17. The van der Waals surface area contributed by atoms with E-state index in [0.29, 0.717) is 31.7 Å². The van der Waals surface area contributed by atoms with Gasteiger partial charge in [0.05, 0.1) is 17.1 Å². The number of nitrogens with zero attached hydrogens (tertiary/aromatic N) is 4. The molecule has 9 heteroatoms. The van der Waals surface area contributed by atoms with Gasteiger partial charge < -0.3 is 4.90 Å². The zero-order valence-corrected chi connectivity index (χ0v) is 20.6. The smallest absolute Gasteiger partial charge is 0.253 e. The molecule has 0 atom stereocenters. The molecule has 5 rings (SSSR count). The summed E-state index contributed by atoms with van der Waals surface area (Å²) in [6.07, 6.45) is 1.80. The highest BCUT2D eigenvalue weighted by atomic mass is 32.2. The van der Waals surface area contributed by atoms with Gasteiger partial charge in [-0.15, -0.1) is 11.3 Å². The van der Waals surface area contributed by atoms with Crippen LogP contribution < -0.4 is 0 Å². The molecule has 3 heterocycles. The van der Waals surface area contributed by atoms with Crippen molar-refractivity contribution in [1.82, 2.24) is 19.1 Å². The van der Waals surface area contributed by atoms with E-state index < -0.39 is 10.0 Å². The molecule has 0 aliphatic carbocycles. The largest absolute Gasteiger partial charge is 0.336 e. The molecule has 2 saturated heterocycles. The molecule has 0 bridgehead atoms. The summed E-state index contributed by atoms with van der Waals surface area (Å²) < 4.78 is 26.9. The van der Waals surface area contributed by atoms with E-state index in [9.17, 15) is 13.2 Å². The highest BCUT2D eigenvalue weighted by Crippen LogP contribution is 2.24. The molecule has 2 fully saturated rings. The zero-order valence-electron chi connectivity index (χ0n) is 19.0. The van der Waals surface area contributed by atoms with Crippen molar-refractivity contribution in [2.45, 2.75) is 24.3 Å². The fourth-order valence-electron chi connectivity index (χ4n) is 4.45. The van der Waals surface area contributed by atoms with Crippen molar-refractivity contribution in [3.63, 3.8) is 0 Å². The quantitative estimate of drug-likeness (QED) is 0.522. The highest BCUT2D eigenvalue weighted by molar-refractivity contribution is 7.89. The maximum atomic E-state index is 13.0. The predicted octanol–water partition coefficient (Wildman–Crippen LogP) is 3.55. The summed E-state index contributed by atoms with van der Waals surface area (Å²) in [4.78, 5) is 22.2. The summed E-state index contributed by atoms with van der Waals surface area (Å²) in [5.74, 6) is -0.0506. The van der Waals surface area contributed by atoms with E-state index in [-0.39, 0.29) is 10.8 Å². The number of benzene rings is 2. The van der Waals surface area contributed by atoms with E-state index >= 15 is 0 Å². The molecule has 2 aromatic carbocycles. The number of hydrogen-bond donors (Lipinski definition) is 0. The first-order valence-corrected chi connectivity index (χ1v) is 13.9. The first-order valence-electron chi connectivity index (χ1n) is 11.6. The van der Waals surface area contributed by atoms with Crippen molar-refractivity contribution in [3.05, 3.63) is 70.5 Å². The average molecular weight is 497 g/mol. The molecular weight excluding hydrogens is 468 g/mol. The topological polar surface area (TPSA) is 73.8 Å². The van der Waals surface area contributed by atoms with Crippen molar-refractivity contribution >= 4 is 27.3 Å². The minimum atomic E-state index is -3.46. The van der Waals surface area contributed by atoms with Gasteiger partial charge in [0, 0.05) is 55.8 Å². The van der Waals surface area contributed by atoms with Crippen LogP contribution in [-0.4, -0.2) is 72.7 Å². The Morgan fingerprint density at radius 1 is 0.882 bits per heavy atom. The lowest BCUT2D eigenvalue weighted by atomic mass is 10.2. The number of rotatable bonds is 6. The van der Waals surface area contributed by atoms with Crippen LogP contribution in [-0.2, 0) is 16.6 Å². The SMILES string of the molecule is O=C(c1ccc(S(=O)(=O)N2CCCC2)cc1)N1CCN(Cc2nc(-c3ccccc3)cs2)CC1. The maximum Gasteiger partial charge on any atom is 0.253 e. The van der Waals surface area contributed by atoms with Gasteiger partial charge in [-0.3, -0.25) is 9.69 Å². The number of piperazine rings is 1. The molecule has 2 aliphatic heterocycles. The van der Waals surface area contributed by atoms with Crippen LogP contribution in [0.5, 0.6) is 0 Å². The Hall–Kier alpha value is -2.59. The second kappa shape index (κ2) is 9.95. The standard InChI is InChI=1S/C25H28N4O3S2/c30-25(21-8-10-22(11-9-21)34(31,32)29-12-4-5-13-29)28-16-14-27(15-17-28)18-24-26-23(19-33-24)20-6-2-1-3-7-20/h1-3,6-11,19H,4-5,12-18H2. The van der Waals surface area contributed by atoms with E-state index in [4.69, 9.17) is 4.98 Å². The Kier molecular flexibility index (Phi) is 6.78. The summed E-state index contributed by atoms with van der Waals surface area (Å²) >= 11 is 1.67. The molecule has 1 aromatic heterocycles. The number of aromatic nitrogens is 1. The van der Waals surface area contributed by atoms with Crippen LogP contribution in [0.2, 0.25) is 0 Å². The second-order valence-electron chi connectivity index (χ2n) is 8.70. The van der Waals surface area contributed by atoms with Crippen molar-refractivity contribution in [3.8, 4) is 11.3 Å². The van der Waals surface area contributed by atoms with Crippen LogP contribution in [0.15, 0.2) is 64.9 Å². The minimum absolute atomic E-state index is 0.0506. The van der Waals surface area contributed by atoms with Crippen LogP contribution in [0.25, 0.3) is 11.3 Å². The Morgan fingerprint density at radius 3 is 2.24 bits per heavy atom. The number of sulfonamides is 1. The molecular formula is C25H28N4O3S2. The second-order valence-corrected chi connectivity index (χ2v) is 11.6. The van der Waals surface area contributed by atoms with Crippen LogP contribution in [0.3, 0.4) is 0 Å². The fraction of sp³-hybridized carbons (Fsp3) is 0.360. The number of thiazole rings is 1. The summed E-state index contributed by atoms with van der Waals surface area (Å²) in [5.41, 5.74) is 2.66. The Balaban J connectivity index is 1.16. The highest BCUT2D eigenvalue weighted by Gasteiger charge is 2.28. The van der Waals surface area contributed by atoms with Crippen LogP contribution >= 0.6 is 11.3 Å². The Morgan fingerprint density at radius 2 is 1.56 bits per heavy atom. The Labute approximate surface area is 204 Å². The molecule has 178 valence electrons. The third-order valence-corrected chi connectivity index (χ3v) is 9.19. The normalized spacial score (nSPS) is 17.8. The summed E-state index contributed by atoms with van der Waals surface area (Å²) in [6, 6.07) is 16.6. The molecule has 34 heavy (non-hydrogen) atoms. The van der Waals surface area contributed by atoms with Gasteiger partial charge >= 0.3 is 0 Å². The molecule has 0 radical (unpaired) electrons. The maximum absolute atomic E-state index is 13.0. The molecule has 0 spiro atoms. The predicted molar refractivity (Wildman–Crippen MR) is 133 cm³/mol. The van der Waals surface area contributed by atoms with Gasteiger partial charge in [0.25, 0.3) is 5.91 Å². The van der Waals surface area contributed by atoms with Crippen LogP contribution in [0.4, 0.5) is 0 Å². The third kappa shape index (κ3) is 4.93. The lowest BCUT2D eigenvalue weighted by Gasteiger charge is -2.34. The van der Waals surface area contributed by atoms with Gasteiger partial charge in [-0.05, 0) is 37.1 Å². The first kappa shape index (κ1) is 23.2. The van der Waals surface area contributed by atoms with Gasteiger partial charge in [0.1, 0.15) is 5.01 Å². The summed E-state index contributed by atoms with van der Waals surface area (Å²) in [7, 11) is -3.46. The fourth-order valence-corrected chi connectivity index (χ4v) is 6.82. The monoisotopic (exact) mass is 496 g/mol. The molecule has 1 amide bonds. The number of hydrogen-bond acceptors (Lipinski definition) is 6. The Bertz CT molecular complexity index is 1230. The number of amides is 1. The van der Waals surface area contributed by atoms with Gasteiger partial charge in [0.15, 0.2) is 0 Å². The molecule has 0 saturated carbocycles. The van der Waals surface area contributed by atoms with Gasteiger partial charge in [-0.1, -0.05) is 30.3 Å². The number of carbonyl (C=O) groups is 1. The molecule has 7 nitrogen and oxygen atoms in total.